The molecular weight excluding hydrogens is 590 g/mol. The Kier molecular flexibility index (Phi) is 18.3. The lowest BCUT2D eigenvalue weighted by Crippen LogP contribution is -2.34. The van der Waals surface area contributed by atoms with E-state index in [0.717, 1.165) is 16.7 Å². The molecule has 0 bridgehead atoms. The van der Waals surface area contributed by atoms with E-state index in [0.29, 0.717) is 85.6 Å². The summed E-state index contributed by atoms with van der Waals surface area (Å²) < 4.78 is 34.6. The van der Waals surface area contributed by atoms with Gasteiger partial charge in [0.05, 0.1) is 72.5 Å². The number of carboxylic acids is 1. The maximum atomic E-state index is 11.4. The molecule has 250 valence electrons. The summed E-state index contributed by atoms with van der Waals surface area (Å²) >= 11 is 0. The van der Waals surface area contributed by atoms with Gasteiger partial charge in [0.15, 0.2) is 0 Å². The monoisotopic (exact) mass is 637 g/mol. The second kappa shape index (κ2) is 22.8. The molecule has 0 aromatic heterocycles. The highest BCUT2D eigenvalue weighted by atomic mass is 16.6. The molecule has 0 heterocycles. The van der Waals surface area contributed by atoms with Crippen molar-refractivity contribution in [1.82, 2.24) is 5.32 Å². The van der Waals surface area contributed by atoms with Gasteiger partial charge in [0.1, 0.15) is 5.60 Å². The molecule has 2 N–H and O–H groups in total. The number of amides is 1. The Morgan fingerprint density at radius 3 is 1.28 bits per heavy atom. The Morgan fingerprint density at radius 1 is 0.522 bits per heavy atom. The van der Waals surface area contributed by atoms with Crippen LogP contribution in [0.15, 0.2) is 91.0 Å². The summed E-state index contributed by atoms with van der Waals surface area (Å²) in [4.78, 5) is 21.8. The van der Waals surface area contributed by atoms with Crippen molar-refractivity contribution in [2.75, 3.05) is 79.2 Å². The van der Waals surface area contributed by atoms with Crippen LogP contribution in [0.3, 0.4) is 0 Å². The number of carboxylic acid groups (broad SMARTS) is 1. The standard InChI is InChI=1S/C36H47NO9/c38-34(17-18-35(39)40)37-19-10-20-41-21-22-42-23-24-43-25-26-44-27-28-45-29-30-46-36(31-11-4-1-5-12-31,32-13-6-2-7-14-32)33-15-8-3-9-16-33/h1-9,11-16H,10,17-30H2,(H,37,38)(H,39,40). The van der Waals surface area contributed by atoms with Crippen LogP contribution >= 0.6 is 0 Å². The first-order valence-corrected chi connectivity index (χ1v) is 15.8. The molecule has 0 spiro atoms. The van der Waals surface area contributed by atoms with Gasteiger partial charge in [0.2, 0.25) is 5.91 Å². The lowest BCUT2D eigenvalue weighted by Gasteiger charge is -2.36. The van der Waals surface area contributed by atoms with Crippen LogP contribution in [0, 0.1) is 0 Å². The largest absolute Gasteiger partial charge is 0.481 e. The number of carbonyl (C=O) groups excluding carboxylic acids is 1. The highest BCUT2D eigenvalue weighted by molar-refractivity contribution is 5.80. The molecule has 0 atom stereocenters. The molecule has 10 nitrogen and oxygen atoms in total. The zero-order valence-electron chi connectivity index (χ0n) is 26.5. The number of carbonyl (C=O) groups is 2. The van der Waals surface area contributed by atoms with Gasteiger partial charge in [-0.2, -0.15) is 0 Å². The van der Waals surface area contributed by atoms with Crippen molar-refractivity contribution >= 4 is 11.9 Å². The molecule has 0 aliphatic carbocycles. The Balaban J connectivity index is 1.20. The Bertz CT molecular complexity index is 1120. The van der Waals surface area contributed by atoms with E-state index in [9.17, 15) is 9.59 Å². The molecule has 10 heteroatoms. The van der Waals surface area contributed by atoms with Crippen molar-refractivity contribution in [1.29, 1.82) is 0 Å². The normalized spacial score (nSPS) is 11.4. The Hall–Kier alpha value is -3.64. The molecule has 0 saturated heterocycles. The van der Waals surface area contributed by atoms with E-state index in [1.54, 1.807) is 0 Å². The molecule has 3 rings (SSSR count). The van der Waals surface area contributed by atoms with E-state index in [1.807, 2.05) is 54.6 Å². The van der Waals surface area contributed by atoms with Crippen LogP contribution in [0.2, 0.25) is 0 Å². The number of aliphatic carboxylic acids is 1. The summed E-state index contributed by atoms with van der Waals surface area (Å²) in [7, 11) is 0. The molecule has 0 fully saturated rings. The molecule has 3 aromatic carbocycles. The third-order valence-corrected chi connectivity index (χ3v) is 6.93. The topological polar surface area (TPSA) is 122 Å². The lowest BCUT2D eigenvalue weighted by atomic mass is 9.80. The predicted octanol–water partition coefficient (Wildman–Crippen LogP) is 4.45. The van der Waals surface area contributed by atoms with E-state index in [1.165, 1.54) is 0 Å². The summed E-state index contributed by atoms with van der Waals surface area (Å²) in [6.07, 6.45) is 0.480. The SMILES string of the molecule is O=C(O)CCC(=O)NCCCOCCOCCOCCOCCOCCOC(c1ccccc1)(c1ccccc1)c1ccccc1. The summed E-state index contributed by atoms with van der Waals surface area (Å²) in [5.74, 6) is -1.24. The van der Waals surface area contributed by atoms with E-state index in [-0.39, 0.29) is 18.7 Å². The zero-order valence-corrected chi connectivity index (χ0v) is 26.5. The van der Waals surface area contributed by atoms with Gasteiger partial charge in [-0.1, -0.05) is 91.0 Å². The first-order chi connectivity index (χ1) is 22.6. The lowest BCUT2D eigenvalue weighted by molar-refractivity contribution is -0.138. The summed E-state index contributed by atoms with van der Waals surface area (Å²) in [6, 6.07) is 30.8. The molecule has 3 aromatic rings. The molecule has 0 radical (unpaired) electrons. The molecule has 0 aliphatic rings. The fourth-order valence-electron chi connectivity index (χ4n) is 4.71. The number of ether oxygens (including phenoxy) is 6. The average Bonchev–Trinajstić information content (AvgIpc) is 3.09. The van der Waals surface area contributed by atoms with Crippen molar-refractivity contribution in [3.05, 3.63) is 108 Å². The minimum atomic E-state index is -0.981. The second-order valence-electron chi connectivity index (χ2n) is 10.3. The third kappa shape index (κ3) is 13.8. The highest BCUT2D eigenvalue weighted by Gasteiger charge is 2.37. The highest BCUT2D eigenvalue weighted by Crippen LogP contribution is 2.40. The van der Waals surface area contributed by atoms with Crippen molar-refractivity contribution in [2.45, 2.75) is 24.9 Å². The quantitative estimate of drug-likeness (QED) is 0.0972. The van der Waals surface area contributed by atoms with Crippen molar-refractivity contribution in [2.24, 2.45) is 0 Å². The molecule has 0 saturated carbocycles. The van der Waals surface area contributed by atoms with Crippen molar-refractivity contribution in [3.8, 4) is 0 Å². The summed E-state index contributed by atoms with van der Waals surface area (Å²) in [5.41, 5.74) is 2.41. The van der Waals surface area contributed by atoms with Gasteiger partial charge in [0.25, 0.3) is 0 Å². The minimum Gasteiger partial charge on any atom is -0.481 e. The molecule has 0 aliphatic heterocycles. The predicted molar refractivity (Wildman–Crippen MR) is 174 cm³/mol. The maximum absolute atomic E-state index is 11.4. The number of rotatable bonds is 26. The number of nitrogens with one attached hydrogen (secondary N) is 1. The van der Waals surface area contributed by atoms with Crippen molar-refractivity contribution < 1.29 is 43.1 Å². The summed E-state index contributed by atoms with van der Waals surface area (Å²) in [6.45, 7) is 5.46. The first-order valence-electron chi connectivity index (χ1n) is 15.8. The Labute approximate surface area is 271 Å². The Morgan fingerprint density at radius 2 is 0.891 bits per heavy atom. The first kappa shape index (κ1) is 36.8. The van der Waals surface area contributed by atoms with Crippen LogP contribution < -0.4 is 5.32 Å². The molecular formula is C36H47NO9. The van der Waals surface area contributed by atoms with Crippen LogP contribution in [0.25, 0.3) is 0 Å². The van der Waals surface area contributed by atoms with Crippen LogP contribution in [0.1, 0.15) is 36.0 Å². The van der Waals surface area contributed by atoms with Gasteiger partial charge in [-0.05, 0) is 23.1 Å². The third-order valence-electron chi connectivity index (χ3n) is 6.93. The van der Waals surface area contributed by atoms with Crippen LogP contribution in [0.5, 0.6) is 0 Å². The molecule has 46 heavy (non-hydrogen) atoms. The van der Waals surface area contributed by atoms with Crippen LogP contribution in [-0.2, 0) is 43.6 Å². The smallest absolute Gasteiger partial charge is 0.303 e. The van der Waals surface area contributed by atoms with Gasteiger partial charge in [0, 0.05) is 19.6 Å². The van der Waals surface area contributed by atoms with E-state index in [4.69, 9.17) is 33.5 Å². The zero-order chi connectivity index (χ0) is 32.5. The van der Waals surface area contributed by atoms with Gasteiger partial charge in [-0.3, -0.25) is 9.59 Å². The van der Waals surface area contributed by atoms with Crippen LogP contribution in [0.4, 0.5) is 0 Å². The molecule has 0 unspecified atom stereocenters. The van der Waals surface area contributed by atoms with Gasteiger partial charge < -0.3 is 38.8 Å². The number of benzene rings is 3. The number of hydrogen-bond donors (Lipinski definition) is 2. The summed E-state index contributed by atoms with van der Waals surface area (Å²) in [5, 5.41) is 11.2. The average molecular weight is 638 g/mol. The fraction of sp³-hybridized carbons (Fsp3) is 0.444. The van der Waals surface area contributed by atoms with Crippen molar-refractivity contribution in [3.63, 3.8) is 0 Å². The maximum Gasteiger partial charge on any atom is 0.303 e. The van der Waals surface area contributed by atoms with E-state index >= 15 is 0 Å². The van der Waals surface area contributed by atoms with Gasteiger partial charge >= 0.3 is 5.97 Å². The minimum absolute atomic E-state index is 0.00923. The number of hydrogen-bond acceptors (Lipinski definition) is 8. The van der Waals surface area contributed by atoms with Gasteiger partial charge in [-0.15, -0.1) is 0 Å². The molecule has 1 amide bonds. The van der Waals surface area contributed by atoms with Crippen LogP contribution in [-0.4, -0.2) is 96.2 Å². The fourth-order valence-corrected chi connectivity index (χ4v) is 4.71. The second-order valence-corrected chi connectivity index (χ2v) is 10.3. The van der Waals surface area contributed by atoms with E-state index in [2.05, 4.69) is 41.7 Å². The van der Waals surface area contributed by atoms with Gasteiger partial charge in [-0.25, -0.2) is 0 Å². The van der Waals surface area contributed by atoms with E-state index < -0.39 is 11.6 Å².